The third-order valence-corrected chi connectivity index (χ3v) is 6.51. The first kappa shape index (κ1) is 27.7. The molecule has 33 heavy (non-hydrogen) atoms. The van der Waals surface area contributed by atoms with Crippen molar-refractivity contribution in [3.8, 4) is 0 Å². The number of nitrogens with zero attached hydrogens (tertiary/aromatic N) is 1. The molecule has 1 saturated carbocycles. The van der Waals surface area contributed by atoms with Crippen LogP contribution in [0.25, 0.3) is 0 Å². The molecule has 0 bridgehead atoms. The summed E-state index contributed by atoms with van der Waals surface area (Å²) in [6.45, 7) is 17.3. The van der Waals surface area contributed by atoms with Crippen LogP contribution in [0, 0.1) is 11.8 Å². The van der Waals surface area contributed by atoms with E-state index in [0.717, 1.165) is 38.5 Å². The summed E-state index contributed by atoms with van der Waals surface area (Å²) in [5, 5.41) is 0. The molecule has 1 aliphatic carbocycles. The van der Waals surface area contributed by atoms with Crippen molar-refractivity contribution in [2.75, 3.05) is 0 Å². The SMILES string of the molecule is C=CCCC(CC(C)C)OC(=O)[C@@H]1OC(C)(C)N(C(=O)OC(C)(C)C)[C@H]1CC1CCCCC1. The Hall–Kier alpha value is -1.56. The van der Waals surface area contributed by atoms with Gasteiger partial charge < -0.3 is 14.2 Å². The van der Waals surface area contributed by atoms with Crippen LogP contribution in [0.15, 0.2) is 12.7 Å². The van der Waals surface area contributed by atoms with Crippen LogP contribution in [-0.2, 0) is 19.0 Å². The van der Waals surface area contributed by atoms with Gasteiger partial charge in [-0.05, 0) is 72.1 Å². The molecule has 6 nitrogen and oxygen atoms in total. The quantitative estimate of drug-likeness (QED) is 0.283. The molecule has 3 atom stereocenters. The summed E-state index contributed by atoms with van der Waals surface area (Å²) in [5.41, 5.74) is -1.59. The number of carbonyl (C=O) groups is 2. The monoisotopic (exact) mass is 465 g/mol. The molecule has 0 N–H and O–H groups in total. The fourth-order valence-corrected chi connectivity index (χ4v) is 5.13. The standard InChI is InChI=1S/C27H47NO5/c1-9-10-16-21(17-19(2)3)31-24(29)23-22(18-20-14-12-11-13-15-20)28(27(7,8)32-23)25(30)33-26(4,5)6/h9,19-23H,1,10-18H2,2-8H3/t21?,22-,23+/m0/s1. The zero-order valence-corrected chi connectivity index (χ0v) is 22.0. The van der Waals surface area contributed by atoms with Crippen molar-refractivity contribution in [1.82, 2.24) is 4.90 Å². The second-order valence-electron chi connectivity index (χ2n) is 11.7. The molecule has 1 unspecified atom stereocenters. The predicted octanol–water partition coefficient (Wildman–Crippen LogP) is 6.62. The van der Waals surface area contributed by atoms with E-state index >= 15 is 0 Å². The lowest BCUT2D eigenvalue weighted by molar-refractivity contribution is -0.168. The molecule has 1 heterocycles. The Kier molecular flexibility index (Phi) is 9.83. The maximum absolute atomic E-state index is 13.4. The lowest BCUT2D eigenvalue weighted by atomic mass is 9.83. The molecule has 0 aromatic rings. The minimum absolute atomic E-state index is 0.187. The zero-order chi connectivity index (χ0) is 24.8. The molecule has 0 aromatic heterocycles. The van der Waals surface area contributed by atoms with Gasteiger partial charge >= 0.3 is 12.1 Å². The Morgan fingerprint density at radius 3 is 2.36 bits per heavy atom. The highest BCUT2D eigenvalue weighted by Gasteiger charge is 2.55. The van der Waals surface area contributed by atoms with Crippen molar-refractivity contribution in [2.24, 2.45) is 11.8 Å². The van der Waals surface area contributed by atoms with Crippen LogP contribution in [0.4, 0.5) is 4.79 Å². The van der Waals surface area contributed by atoms with Gasteiger partial charge in [0.1, 0.15) is 17.4 Å². The number of amides is 1. The Labute approximate surface area is 201 Å². The molecule has 190 valence electrons. The van der Waals surface area contributed by atoms with Gasteiger partial charge in [-0.3, -0.25) is 4.90 Å². The van der Waals surface area contributed by atoms with Gasteiger partial charge in [-0.25, -0.2) is 9.59 Å². The minimum atomic E-state index is -0.958. The summed E-state index contributed by atoms with van der Waals surface area (Å²) in [6.07, 6.45) is 9.35. The molecule has 0 aromatic carbocycles. The summed E-state index contributed by atoms with van der Waals surface area (Å²) in [5.74, 6) is 0.503. The Balaban J connectivity index is 2.27. The van der Waals surface area contributed by atoms with E-state index in [1.807, 2.05) is 40.7 Å². The molecule has 0 spiro atoms. The summed E-state index contributed by atoms with van der Waals surface area (Å²) in [4.78, 5) is 28.4. The Bertz CT molecular complexity index is 660. The van der Waals surface area contributed by atoms with Crippen molar-refractivity contribution in [3.05, 3.63) is 12.7 Å². The Morgan fingerprint density at radius 1 is 1.18 bits per heavy atom. The van der Waals surface area contributed by atoms with Crippen LogP contribution in [-0.4, -0.2) is 46.5 Å². The van der Waals surface area contributed by atoms with Gasteiger partial charge in [0.2, 0.25) is 0 Å². The van der Waals surface area contributed by atoms with E-state index in [-0.39, 0.29) is 12.1 Å². The topological polar surface area (TPSA) is 65.1 Å². The molecular formula is C27H47NO5. The number of allylic oxidation sites excluding steroid dienone is 1. The zero-order valence-electron chi connectivity index (χ0n) is 22.0. The largest absolute Gasteiger partial charge is 0.460 e. The first-order valence-electron chi connectivity index (χ1n) is 12.9. The van der Waals surface area contributed by atoms with Crippen LogP contribution in [0.1, 0.15) is 106 Å². The van der Waals surface area contributed by atoms with Gasteiger partial charge in [0.05, 0.1) is 6.04 Å². The average molecular weight is 466 g/mol. The van der Waals surface area contributed by atoms with Gasteiger partial charge in [0.15, 0.2) is 6.10 Å². The molecule has 1 amide bonds. The third-order valence-electron chi connectivity index (χ3n) is 6.51. The minimum Gasteiger partial charge on any atom is -0.460 e. The van der Waals surface area contributed by atoms with Crippen molar-refractivity contribution < 1.29 is 23.8 Å². The lowest BCUT2D eigenvalue weighted by Crippen LogP contribution is -2.51. The molecule has 1 saturated heterocycles. The van der Waals surface area contributed by atoms with Gasteiger partial charge in [0.25, 0.3) is 0 Å². The molecular weight excluding hydrogens is 418 g/mol. The van der Waals surface area contributed by atoms with E-state index in [2.05, 4.69) is 20.4 Å². The van der Waals surface area contributed by atoms with Crippen LogP contribution in [0.2, 0.25) is 0 Å². The van der Waals surface area contributed by atoms with Crippen LogP contribution >= 0.6 is 0 Å². The summed E-state index contributed by atoms with van der Waals surface area (Å²) in [7, 11) is 0. The van der Waals surface area contributed by atoms with Crippen molar-refractivity contribution in [2.45, 2.75) is 136 Å². The smallest absolute Gasteiger partial charge is 0.412 e. The molecule has 0 radical (unpaired) electrons. The lowest BCUT2D eigenvalue weighted by Gasteiger charge is -2.36. The van der Waals surface area contributed by atoms with E-state index in [1.54, 1.807) is 4.90 Å². The van der Waals surface area contributed by atoms with E-state index in [0.29, 0.717) is 11.8 Å². The van der Waals surface area contributed by atoms with Crippen LogP contribution in [0.5, 0.6) is 0 Å². The molecule has 2 rings (SSSR count). The maximum atomic E-state index is 13.4. The van der Waals surface area contributed by atoms with Gasteiger partial charge in [-0.15, -0.1) is 6.58 Å². The maximum Gasteiger partial charge on any atom is 0.412 e. The predicted molar refractivity (Wildman–Crippen MR) is 131 cm³/mol. The van der Waals surface area contributed by atoms with Gasteiger partial charge in [0, 0.05) is 0 Å². The highest BCUT2D eigenvalue weighted by Crippen LogP contribution is 2.40. The number of hydrogen-bond acceptors (Lipinski definition) is 5. The van der Waals surface area contributed by atoms with Crippen LogP contribution < -0.4 is 0 Å². The van der Waals surface area contributed by atoms with Gasteiger partial charge in [-0.2, -0.15) is 0 Å². The highest BCUT2D eigenvalue weighted by atomic mass is 16.6. The second-order valence-corrected chi connectivity index (χ2v) is 11.7. The fourth-order valence-electron chi connectivity index (χ4n) is 5.13. The number of carbonyl (C=O) groups excluding carboxylic acids is 2. The van der Waals surface area contributed by atoms with Gasteiger partial charge in [-0.1, -0.05) is 52.0 Å². The van der Waals surface area contributed by atoms with Crippen molar-refractivity contribution in [1.29, 1.82) is 0 Å². The molecule has 2 aliphatic rings. The van der Waals surface area contributed by atoms with E-state index in [9.17, 15) is 9.59 Å². The first-order chi connectivity index (χ1) is 15.3. The van der Waals surface area contributed by atoms with Crippen molar-refractivity contribution in [3.63, 3.8) is 0 Å². The van der Waals surface area contributed by atoms with Crippen molar-refractivity contribution >= 4 is 12.1 Å². The normalized spacial score (nSPS) is 24.5. The number of hydrogen-bond donors (Lipinski definition) is 0. The van der Waals surface area contributed by atoms with Crippen LogP contribution in [0.3, 0.4) is 0 Å². The van der Waals surface area contributed by atoms with E-state index < -0.39 is 29.6 Å². The number of ether oxygens (including phenoxy) is 3. The Morgan fingerprint density at radius 2 is 1.82 bits per heavy atom. The average Bonchev–Trinajstić information content (AvgIpc) is 2.95. The molecule has 2 fully saturated rings. The van der Waals surface area contributed by atoms with E-state index in [4.69, 9.17) is 14.2 Å². The fraction of sp³-hybridized carbons (Fsp3) is 0.852. The molecule has 6 heteroatoms. The highest BCUT2D eigenvalue weighted by molar-refractivity contribution is 5.79. The first-order valence-corrected chi connectivity index (χ1v) is 12.9. The van der Waals surface area contributed by atoms with E-state index in [1.165, 1.54) is 19.3 Å². The number of rotatable bonds is 9. The third kappa shape index (κ3) is 8.31. The summed E-state index contributed by atoms with van der Waals surface area (Å²) >= 11 is 0. The second kappa shape index (κ2) is 11.7. The molecule has 1 aliphatic heterocycles. The number of esters is 1. The summed E-state index contributed by atoms with van der Waals surface area (Å²) in [6, 6.07) is -0.399. The summed E-state index contributed by atoms with van der Waals surface area (Å²) < 4.78 is 18.0.